The normalized spacial score (nSPS) is 11.6. The van der Waals surface area contributed by atoms with Gasteiger partial charge in [-0.2, -0.15) is 0 Å². The Morgan fingerprint density at radius 1 is 1.09 bits per heavy atom. The molecule has 1 heterocycles. The molecule has 118 valence electrons. The monoisotopic (exact) mass is 298 g/mol. The molecule has 0 unspecified atom stereocenters. The van der Waals surface area contributed by atoms with E-state index in [0.29, 0.717) is 6.54 Å². The molecule has 2 aromatic rings. The Hall–Kier alpha value is -2.10. The van der Waals surface area contributed by atoms with Crippen LogP contribution in [0.15, 0.2) is 41.5 Å². The summed E-state index contributed by atoms with van der Waals surface area (Å²) in [6, 6.07) is 10.3. The van der Waals surface area contributed by atoms with Crippen molar-refractivity contribution in [3.8, 4) is 0 Å². The van der Waals surface area contributed by atoms with Crippen LogP contribution in [0.3, 0.4) is 0 Å². The van der Waals surface area contributed by atoms with Gasteiger partial charge in [0.05, 0.1) is 12.1 Å². The molecule has 2 N–H and O–H groups in total. The molecular weight excluding hydrogens is 272 g/mol. The number of fused-ring (bicyclic) bond motifs is 1. The molecule has 0 radical (unpaired) electrons. The number of benzene rings is 1. The molecule has 22 heavy (non-hydrogen) atoms. The maximum atomic E-state index is 4.69. The number of nitrogens with one attached hydrogen (secondary N) is 2. The van der Waals surface area contributed by atoms with Crippen LogP contribution in [0, 0.1) is 0 Å². The summed E-state index contributed by atoms with van der Waals surface area (Å²) in [7, 11) is 0. The molecule has 0 bridgehead atoms. The van der Waals surface area contributed by atoms with Crippen LogP contribution < -0.4 is 10.6 Å². The van der Waals surface area contributed by atoms with Gasteiger partial charge >= 0.3 is 0 Å². The van der Waals surface area contributed by atoms with E-state index in [1.807, 2.05) is 12.3 Å². The molecule has 4 nitrogen and oxygen atoms in total. The minimum atomic E-state index is 0.636. The molecule has 1 aromatic heterocycles. The summed E-state index contributed by atoms with van der Waals surface area (Å²) >= 11 is 0. The second kappa shape index (κ2) is 9.03. The summed E-state index contributed by atoms with van der Waals surface area (Å²) in [4.78, 5) is 9.17. The Kier molecular flexibility index (Phi) is 6.68. The average molecular weight is 298 g/mol. The van der Waals surface area contributed by atoms with Gasteiger partial charge in [0.2, 0.25) is 0 Å². The summed E-state index contributed by atoms with van der Waals surface area (Å²) in [5.74, 6) is 0.881. The van der Waals surface area contributed by atoms with Crippen LogP contribution >= 0.6 is 0 Å². The number of aromatic nitrogens is 1. The van der Waals surface area contributed by atoms with Gasteiger partial charge in [-0.25, -0.2) is 4.99 Å². The number of hydrogen-bond donors (Lipinski definition) is 2. The summed E-state index contributed by atoms with van der Waals surface area (Å²) < 4.78 is 0. The van der Waals surface area contributed by atoms with Gasteiger partial charge < -0.3 is 10.6 Å². The Balaban J connectivity index is 2.05. The Morgan fingerprint density at radius 3 is 2.77 bits per heavy atom. The van der Waals surface area contributed by atoms with E-state index in [1.54, 1.807) is 0 Å². The van der Waals surface area contributed by atoms with Crippen LogP contribution in [-0.2, 0) is 6.54 Å². The zero-order chi connectivity index (χ0) is 15.6. The smallest absolute Gasteiger partial charge is 0.191 e. The van der Waals surface area contributed by atoms with Gasteiger partial charge in [0.15, 0.2) is 5.96 Å². The van der Waals surface area contributed by atoms with Crippen LogP contribution in [0.1, 0.15) is 38.7 Å². The SMILES string of the molecule is CCCCCNC(=NCc1cccc2cccnc12)NCC. The standard InChI is InChI=1S/C18H26N4/c1-3-5-6-12-21-18(19-4-2)22-14-16-10-7-9-15-11-8-13-20-17(15)16/h7-11,13H,3-6,12,14H2,1-2H3,(H2,19,21,22). The molecule has 2 rings (SSSR count). The van der Waals surface area contributed by atoms with Crippen molar-refractivity contribution in [1.82, 2.24) is 15.6 Å². The minimum Gasteiger partial charge on any atom is -0.357 e. The van der Waals surface area contributed by atoms with Gasteiger partial charge in [-0.3, -0.25) is 4.98 Å². The zero-order valence-corrected chi connectivity index (χ0v) is 13.6. The molecule has 0 spiro atoms. The third-order valence-corrected chi connectivity index (χ3v) is 3.54. The first-order chi connectivity index (χ1) is 10.8. The van der Waals surface area contributed by atoms with Crippen molar-refractivity contribution < 1.29 is 0 Å². The first-order valence-electron chi connectivity index (χ1n) is 8.20. The van der Waals surface area contributed by atoms with Crippen molar-refractivity contribution in [3.63, 3.8) is 0 Å². The predicted octanol–water partition coefficient (Wildman–Crippen LogP) is 3.48. The highest BCUT2D eigenvalue weighted by molar-refractivity contribution is 5.83. The van der Waals surface area contributed by atoms with E-state index < -0.39 is 0 Å². The largest absolute Gasteiger partial charge is 0.357 e. The summed E-state index contributed by atoms with van der Waals surface area (Å²) in [6.45, 7) is 6.77. The van der Waals surface area contributed by atoms with E-state index in [4.69, 9.17) is 0 Å². The van der Waals surface area contributed by atoms with Crippen molar-refractivity contribution in [3.05, 3.63) is 42.1 Å². The zero-order valence-electron chi connectivity index (χ0n) is 13.6. The van der Waals surface area contributed by atoms with Crippen LogP contribution in [0.4, 0.5) is 0 Å². The molecule has 0 saturated heterocycles. The second-order valence-corrected chi connectivity index (χ2v) is 5.32. The van der Waals surface area contributed by atoms with Crippen LogP contribution in [0.5, 0.6) is 0 Å². The fourth-order valence-corrected chi connectivity index (χ4v) is 2.38. The van der Waals surface area contributed by atoms with Crippen molar-refractivity contribution in [1.29, 1.82) is 0 Å². The van der Waals surface area contributed by atoms with Gasteiger partial charge in [-0.1, -0.05) is 44.0 Å². The van der Waals surface area contributed by atoms with Gasteiger partial charge in [-0.05, 0) is 25.0 Å². The number of guanidine groups is 1. The number of pyridine rings is 1. The number of para-hydroxylation sites is 1. The molecule has 4 heteroatoms. The summed E-state index contributed by atoms with van der Waals surface area (Å²) in [5, 5.41) is 7.85. The maximum absolute atomic E-state index is 4.69. The predicted molar refractivity (Wildman–Crippen MR) is 94.1 cm³/mol. The molecule has 0 atom stereocenters. The van der Waals surface area contributed by atoms with Crippen molar-refractivity contribution >= 4 is 16.9 Å². The van der Waals surface area contributed by atoms with Crippen molar-refractivity contribution in [2.75, 3.05) is 13.1 Å². The third-order valence-electron chi connectivity index (χ3n) is 3.54. The second-order valence-electron chi connectivity index (χ2n) is 5.32. The highest BCUT2D eigenvalue weighted by Crippen LogP contribution is 2.16. The van der Waals surface area contributed by atoms with Gasteiger partial charge in [-0.15, -0.1) is 0 Å². The van der Waals surface area contributed by atoms with E-state index in [0.717, 1.165) is 35.5 Å². The van der Waals surface area contributed by atoms with Crippen LogP contribution in [-0.4, -0.2) is 24.0 Å². The summed E-state index contributed by atoms with van der Waals surface area (Å²) in [6.07, 6.45) is 5.50. The van der Waals surface area contributed by atoms with E-state index in [-0.39, 0.29) is 0 Å². The Morgan fingerprint density at radius 2 is 1.95 bits per heavy atom. The number of aliphatic imine (C=N–C) groups is 1. The molecule has 1 aromatic carbocycles. The van der Waals surface area contributed by atoms with E-state index >= 15 is 0 Å². The lowest BCUT2D eigenvalue weighted by molar-refractivity contribution is 0.683. The van der Waals surface area contributed by atoms with Gasteiger partial charge in [0.1, 0.15) is 0 Å². The fourth-order valence-electron chi connectivity index (χ4n) is 2.38. The third kappa shape index (κ3) is 4.72. The van der Waals surface area contributed by atoms with E-state index in [9.17, 15) is 0 Å². The Labute approximate surface area is 133 Å². The summed E-state index contributed by atoms with van der Waals surface area (Å²) in [5.41, 5.74) is 2.19. The topological polar surface area (TPSA) is 49.3 Å². The lowest BCUT2D eigenvalue weighted by atomic mass is 10.1. The lowest BCUT2D eigenvalue weighted by Crippen LogP contribution is -2.37. The van der Waals surface area contributed by atoms with Crippen molar-refractivity contribution in [2.24, 2.45) is 4.99 Å². The molecule has 0 saturated carbocycles. The first-order valence-corrected chi connectivity index (χ1v) is 8.20. The molecule has 0 aliphatic heterocycles. The molecule has 0 amide bonds. The fraction of sp³-hybridized carbons (Fsp3) is 0.444. The minimum absolute atomic E-state index is 0.636. The van der Waals surface area contributed by atoms with Crippen LogP contribution in [0.2, 0.25) is 0 Å². The van der Waals surface area contributed by atoms with E-state index in [1.165, 1.54) is 19.3 Å². The number of unbranched alkanes of at least 4 members (excludes halogenated alkanes) is 2. The highest BCUT2D eigenvalue weighted by atomic mass is 15.2. The molecular formula is C18H26N4. The Bertz CT molecular complexity index is 602. The number of rotatable bonds is 7. The average Bonchev–Trinajstić information content (AvgIpc) is 2.56. The van der Waals surface area contributed by atoms with Crippen molar-refractivity contribution in [2.45, 2.75) is 39.7 Å². The molecule has 0 fully saturated rings. The van der Waals surface area contributed by atoms with Gasteiger partial charge in [0.25, 0.3) is 0 Å². The van der Waals surface area contributed by atoms with Crippen LogP contribution in [0.25, 0.3) is 10.9 Å². The molecule has 0 aliphatic carbocycles. The number of hydrogen-bond acceptors (Lipinski definition) is 2. The van der Waals surface area contributed by atoms with Gasteiger partial charge in [0, 0.05) is 24.7 Å². The lowest BCUT2D eigenvalue weighted by Gasteiger charge is -2.11. The highest BCUT2D eigenvalue weighted by Gasteiger charge is 2.02. The molecule has 0 aliphatic rings. The number of nitrogens with zero attached hydrogens (tertiary/aromatic N) is 2. The quantitative estimate of drug-likeness (QED) is 0.467. The maximum Gasteiger partial charge on any atom is 0.191 e. The first kappa shape index (κ1) is 16.3. The van der Waals surface area contributed by atoms with E-state index in [2.05, 4.69) is 58.7 Å².